The third-order valence-corrected chi connectivity index (χ3v) is 5.00. The predicted octanol–water partition coefficient (Wildman–Crippen LogP) is 4.28. The minimum Gasteiger partial charge on any atom is -0.372 e. The van der Waals surface area contributed by atoms with E-state index in [1.807, 2.05) is 0 Å². The lowest BCUT2D eigenvalue weighted by atomic mass is 9.83. The van der Waals surface area contributed by atoms with Gasteiger partial charge in [0.25, 0.3) is 0 Å². The van der Waals surface area contributed by atoms with Crippen LogP contribution in [-0.2, 0) is 4.74 Å². The van der Waals surface area contributed by atoms with E-state index in [9.17, 15) is 0 Å². The van der Waals surface area contributed by atoms with Crippen molar-refractivity contribution in [2.45, 2.75) is 89.8 Å². The Bertz CT molecular complexity index is 248. The lowest BCUT2D eigenvalue weighted by Gasteiger charge is -2.33. The van der Waals surface area contributed by atoms with Crippen LogP contribution in [0.2, 0.25) is 0 Å². The fourth-order valence-corrected chi connectivity index (χ4v) is 3.76. The minimum atomic E-state index is 0.312. The quantitative estimate of drug-likeness (QED) is 0.695. The standard InChI is InChI=1S/C17H33NO/c1-3-13-18-14-15(2)7-8-16-9-12-17(19-16)10-5-4-6-11-17/h15-16,18H,3-14H2,1-2H3. The van der Waals surface area contributed by atoms with Crippen molar-refractivity contribution in [2.75, 3.05) is 13.1 Å². The van der Waals surface area contributed by atoms with Crippen LogP contribution in [0.5, 0.6) is 0 Å². The molecule has 2 atom stereocenters. The Kier molecular flexibility index (Phi) is 6.15. The van der Waals surface area contributed by atoms with Crippen LogP contribution in [0.4, 0.5) is 0 Å². The zero-order valence-corrected chi connectivity index (χ0v) is 13.0. The van der Waals surface area contributed by atoms with E-state index in [2.05, 4.69) is 19.2 Å². The van der Waals surface area contributed by atoms with Gasteiger partial charge in [-0.05, 0) is 64.0 Å². The highest BCUT2D eigenvalue weighted by atomic mass is 16.5. The van der Waals surface area contributed by atoms with Crippen LogP contribution in [0.25, 0.3) is 0 Å². The van der Waals surface area contributed by atoms with E-state index in [-0.39, 0.29) is 0 Å². The SMILES string of the molecule is CCCNCC(C)CCC1CCC2(CCCCC2)O1. The van der Waals surface area contributed by atoms with Crippen LogP contribution in [0.3, 0.4) is 0 Å². The summed E-state index contributed by atoms with van der Waals surface area (Å²) in [5.74, 6) is 0.790. The number of rotatable bonds is 7. The average Bonchev–Trinajstić information content (AvgIpc) is 2.81. The lowest BCUT2D eigenvalue weighted by Crippen LogP contribution is -2.31. The van der Waals surface area contributed by atoms with Crippen LogP contribution >= 0.6 is 0 Å². The number of hydrogen-bond acceptors (Lipinski definition) is 2. The van der Waals surface area contributed by atoms with Gasteiger partial charge in [0.2, 0.25) is 0 Å². The molecular formula is C17H33NO. The monoisotopic (exact) mass is 267 g/mol. The second-order valence-electron chi connectivity index (χ2n) is 6.91. The molecule has 1 aliphatic heterocycles. The van der Waals surface area contributed by atoms with E-state index in [1.54, 1.807) is 0 Å². The maximum atomic E-state index is 6.45. The van der Waals surface area contributed by atoms with Crippen molar-refractivity contribution in [1.29, 1.82) is 0 Å². The molecule has 2 fully saturated rings. The van der Waals surface area contributed by atoms with Crippen LogP contribution in [0.1, 0.15) is 78.1 Å². The Hall–Kier alpha value is -0.0800. The third-order valence-electron chi connectivity index (χ3n) is 5.00. The molecule has 0 bridgehead atoms. The number of ether oxygens (including phenoxy) is 1. The normalized spacial score (nSPS) is 27.8. The van der Waals surface area contributed by atoms with Crippen LogP contribution in [-0.4, -0.2) is 24.8 Å². The Labute approximate surface area is 119 Å². The highest BCUT2D eigenvalue weighted by Crippen LogP contribution is 2.42. The van der Waals surface area contributed by atoms with Gasteiger partial charge in [0.05, 0.1) is 11.7 Å². The fraction of sp³-hybridized carbons (Fsp3) is 1.00. The molecule has 1 saturated heterocycles. The van der Waals surface area contributed by atoms with Gasteiger partial charge in [-0.25, -0.2) is 0 Å². The third kappa shape index (κ3) is 4.75. The first-order chi connectivity index (χ1) is 9.24. The van der Waals surface area contributed by atoms with E-state index < -0.39 is 0 Å². The fourth-order valence-electron chi connectivity index (χ4n) is 3.76. The Morgan fingerprint density at radius 3 is 2.74 bits per heavy atom. The molecule has 2 unspecified atom stereocenters. The molecule has 1 saturated carbocycles. The molecule has 0 radical (unpaired) electrons. The summed E-state index contributed by atoms with van der Waals surface area (Å²) in [5, 5.41) is 3.53. The summed E-state index contributed by atoms with van der Waals surface area (Å²) in [5.41, 5.74) is 0.312. The summed E-state index contributed by atoms with van der Waals surface area (Å²) in [4.78, 5) is 0. The molecule has 0 aromatic rings. The molecule has 2 nitrogen and oxygen atoms in total. The second kappa shape index (κ2) is 7.64. The first-order valence-corrected chi connectivity index (χ1v) is 8.63. The summed E-state index contributed by atoms with van der Waals surface area (Å²) in [6, 6.07) is 0. The Balaban J connectivity index is 1.62. The van der Waals surface area contributed by atoms with Crippen molar-refractivity contribution in [1.82, 2.24) is 5.32 Å². The van der Waals surface area contributed by atoms with Crippen LogP contribution in [0.15, 0.2) is 0 Å². The maximum absolute atomic E-state index is 6.45. The highest BCUT2D eigenvalue weighted by Gasteiger charge is 2.40. The molecule has 1 aliphatic carbocycles. The van der Waals surface area contributed by atoms with Gasteiger partial charge in [-0.3, -0.25) is 0 Å². The van der Waals surface area contributed by atoms with E-state index >= 15 is 0 Å². The molecule has 1 heterocycles. The number of hydrogen-bond donors (Lipinski definition) is 1. The van der Waals surface area contributed by atoms with E-state index in [4.69, 9.17) is 4.74 Å². The van der Waals surface area contributed by atoms with Gasteiger partial charge in [-0.1, -0.05) is 33.1 Å². The topological polar surface area (TPSA) is 21.3 Å². The van der Waals surface area contributed by atoms with Crippen molar-refractivity contribution >= 4 is 0 Å². The van der Waals surface area contributed by atoms with E-state index in [0.29, 0.717) is 11.7 Å². The average molecular weight is 267 g/mol. The van der Waals surface area contributed by atoms with Crippen LogP contribution in [0, 0.1) is 5.92 Å². The summed E-state index contributed by atoms with van der Waals surface area (Å²) in [7, 11) is 0. The van der Waals surface area contributed by atoms with Crippen molar-refractivity contribution < 1.29 is 4.74 Å². The van der Waals surface area contributed by atoms with Crippen molar-refractivity contribution in [3.63, 3.8) is 0 Å². The summed E-state index contributed by atoms with van der Waals surface area (Å²) < 4.78 is 6.45. The Morgan fingerprint density at radius 1 is 1.21 bits per heavy atom. The van der Waals surface area contributed by atoms with Gasteiger partial charge >= 0.3 is 0 Å². The molecule has 1 N–H and O–H groups in total. The minimum absolute atomic E-state index is 0.312. The van der Waals surface area contributed by atoms with Crippen LogP contribution < -0.4 is 5.32 Å². The summed E-state index contributed by atoms with van der Waals surface area (Å²) in [6.07, 6.45) is 13.9. The van der Waals surface area contributed by atoms with Gasteiger partial charge < -0.3 is 10.1 Å². The van der Waals surface area contributed by atoms with Gasteiger partial charge in [0.1, 0.15) is 0 Å². The van der Waals surface area contributed by atoms with Crippen molar-refractivity contribution in [3.8, 4) is 0 Å². The smallest absolute Gasteiger partial charge is 0.0687 e. The zero-order chi connectivity index (χ0) is 13.6. The molecular weight excluding hydrogens is 234 g/mol. The van der Waals surface area contributed by atoms with Gasteiger partial charge in [-0.15, -0.1) is 0 Å². The molecule has 1 spiro atoms. The second-order valence-corrected chi connectivity index (χ2v) is 6.91. The van der Waals surface area contributed by atoms with E-state index in [1.165, 1.54) is 70.8 Å². The highest BCUT2D eigenvalue weighted by molar-refractivity contribution is 4.91. The van der Waals surface area contributed by atoms with Crippen molar-refractivity contribution in [3.05, 3.63) is 0 Å². The predicted molar refractivity (Wildman–Crippen MR) is 81.5 cm³/mol. The first-order valence-electron chi connectivity index (χ1n) is 8.63. The molecule has 0 aromatic carbocycles. The first kappa shape index (κ1) is 15.3. The molecule has 112 valence electrons. The van der Waals surface area contributed by atoms with E-state index in [0.717, 1.165) is 12.5 Å². The number of nitrogens with one attached hydrogen (secondary N) is 1. The zero-order valence-electron chi connectivity index (χ0n) is 13.0. The van der Waals surface area contributed by atoms with Gasteiger partial charge in [-0.2, -0.15) is 0 Å². The lowest BCUT2D eigenvalue weighted by molar-refractivity contribution is -0.0668. The largest absolute Gasteiger partial charge is 0.372 e. The van der Waals surface area contributed by atoms with Gasteiger partial charge in [0, 0.05) is 0 Å². The summed E-state index contributed by atoms with van der Waals surface area (Å²) >= 11 is 0. The molecule has 2 aliphatic rings. The Morgan fingerprint density at radius 2 is 2.00 bits per heavy atom. The van der Waals surface area contributed by atoms with Crippen molar-refractivity contribution in [2.24, 2.45) is 5.92 Å². The molecule has 2 heteroatoms. The van der Waals surface area contributed by atoms with Gasteiger partial charge in [0.15, 0.2) is 0 Å². The molecule has 0 aromatic heterocycles. The maximum Gasteiger partial charge on any atom is 0.0687 e. The summed E-state index contributed by atoms with van der Waals surface area (Å²) in [6.45, 7) is 6.93. The molecule has 19 heavy (non-hydrogen) atoms. The molecule has 2 rings (SSSR count). The molecule has 0 amide bonds.